The summed E-state index contributed by atoms with van der Waals surface area (Å²) >= 11 is 1.69. The molecule has 0 spiro atoms. The number of thiazole rings is 1. The van der Waals surface area contributed by atoms with E-state index in [0.29, 0.717) is 18.4 Å². The number of nitrogens with zero attached hydrogens (tertiary/aromatic N) is 3. The molecule has 0 radical (unpaired) electrons. The smallest absolute Gasteiger partial charge is 0.243 e. The van der Waals surface area contributed by atoms with Crippen molar-refractivity contribution in [2.24, 2.45) is 10.9 Å². The summed E-state index contributed by atoms with van der Waals surface area (Å²) in [6, 6.07) is 0. The van der Waals surface area contributed by atoms with Gasteiger partial charge in [0.05, 0.1) is 12.2 Å². The molecule has 1 rings (SSSR count). The zero-order chi connectivity index (χ0) is 19.5. The lowest BCUT2D eigenvalue weighted by molar-refractivity contribution is -0.127. The number of aliphatic imine (C=N–C) groups is 1. The first-order valence-corrected chi connectivity index (χ1v) is 10.3. The Morgan fingerprint density at radius 2 is 1.96 bits per heavy atom. The first kappa shape index (κ1) is 26.1. The number of likely N-dealkylation sites (N-methyl/N-ethyl adjacent to an activating group) is 1. The van der Waals surface area contributed by atoms with Gasteiger partial charge >= 0.3 is 0 Å². The minimum Gasteiger partial charge on any atom is -0.356 e. The summed E-state index contributed by atoms with van der Waals surface area (Å²) in [5.41, 5.74) is 1.08. The molecule has 0 aliphatic rings. The molecule has 1 aromatic rings. The van der Waals surface area contributed by atoms with Crippen molar-refractivity contribution in [3.8, 4) is 0 Å². The molecule has 0 fully saturated rings. The Labute approximate surface area is 185 Å². The van der Waals surface area contributed by atoms with Crippen molar-refractivity contribution < 1.29 is 4.79 Å². The van der Waals surface area contributed by atoms with Crippen molar-refractivity contribution in [2.45, 2.75) is 59.9 Å². The van der Waals surface area contributed by atoms with Crippen LogP contribution in [0, 0.1) is 19.8 Å². The number of hydrogen-bond acceptors (Lipinski definition) is 4. The fourth-order valence-corrected chi connectivity index (χ4v) is 3.29. The van der Waals surface area contributed by atoms with E-state index in [4.69, 9.17) is 0 Å². The second kappa shape index (κ2) is 14.1. The predicted octanol–water partition coefficient (Wildman–Crippen LogP) is 3.72. The minimum atomic E-state index is -0.00920. The highest BCUT2D eigenvalue weighted by Crippen LogP contribution is 2.16. The third kappa shape index (κ3) is 10.3. The summed E-state index contributed by atoms with van der Waals surface area (Å²) in [5.74, 6) is 1.29. The van der Waals surface area contributed by atoms with Crippen molar-refractivity contribution in [1.82, 2.24) is 20.5 Å². The van der Waals surface area contributed by atoms with Crippen LogP contribution in [0.15, 0.2) is 4.99 Å². The number of halogens is 1. The van der Waals surface area contributed by atoms with Crippen molar-refractivity contribution in [2.75, 3.05) is 27.2 Å². The molecular formula is C19H36IN5OS. The Bertz CT molecular complexity index is 569. The van der Waals surface area contributed by atoms with E-state index in [-0.39, 0.29) is 36.4 Å². The number of nitrogens with one attached hydrogen (secondary N) is 2. The van der Waals surface area contributed by atoms with Crippen LogP contribution >= 0.6 is 35.3 Å². The van der Waals surface area contributed by atoms with Gasteiger partial charge in [0.1, 0.15) is 11.6 Å². The lowest BCUT2D eigenvalue weighted by Gasteiger charge is -2.18. The van der Waals surface area contributed by atoms with E-state index in [1.807, 2.05) is 6.92 Å². The third-order valence-electron chi connectivity index (χ3n) is 4.45. The van der Waals surface area contributed by atoms with Crippen molar-refractivity contribution in [3.63, 3.8) is 0 Å². The Hall–Kier alpha value is -0.900. The van der Waals surface area contributed by atoms with Crippen molar-refractivity contribution >= 4 is 47.2 Å². The fraction of sp³-hybridized carbons (Fsp3) is 0.737. The topological polar surface area (TPSA) is 69.6 Å². The number of rotatable bonds is 10. The average molecular weight is 510 g/mol. The van der Waals surface area contributed by atoms with E-state index >= 15 is 0 Å². The molecule has 0 aromatic carbocycles. The molecule has 8 heteroatoms. The molecule has 6 nitrogen and oxygen atoms in total. The van der Waals surface area contributed by atoms with Crippen LogP contribution in [0.4, 0.5) is 0 Å². The summed E-state index contributed by atoms with van der Waals surface area (Å²) in [4.78, 5) is 23.7. The highest BCUT2D eigenvalue weighted by Gasteiger charge is 2.10. The normalized spacial score (nSPS) is 12.3. The van der Waals surface area contributed by atoms with Gasteiger partial charge in [0.2, 0.25) is 5.91 Å². The molecule has 0 saturated carbocycles. The Morgan fingerprint density at radius 1 is 1.26 bits per heavy atom. The molecule has 1 aromatic heterocycles. The molecule has 0 saturated heterocycles. The molecule has 156 valence electrons. The number of carbonyl (C=O) groups is 1. The minimum absolute atomic E-state index is 0. The second-order valence-corrected chi connectivity index (χ2v) is 8.14. The van der Waals surface area contributed by atoms with Gasteiger partial charge < -0.3 is 15.5 Å². The number of carbonyl (C=O) groups excluding carboxylic acids is 1. The van der Waals surface area contributed by atoms with Crippen LogP contribution < -0.4 is 10.6 Å². The van der Waals surface area contributed by atoms with Gasteiger partial charge in [0, 0.05) is 25.5 Å². The van der Waals surface area contributed by atoms with E-state index in [9.17, 15) is 4.79 Å². The number of guanidine groups is 1. The number of amides is 1. The zero-order valence-electron chi connectivity index (χ0n) is 17.6. The van der Waals surface area contributed by atoms with Gasteiger partial charge in [0.25, 0.3) is 0 Å². The molecule has 0 bridgehead atoms. The quantitative estimate of drug-likeness (QED) is 0.287. The standard InChI is InChI=1S/C19H35N5OS.HI/c1-7-9-10-16(8-2)11-20-19(22-13-18(25)24(5)6)21-12-17-23-14(3)15(4)26-17;/h16H,7-13H2,1-6H3,(H2,20,21,22);1H. The lowest BCUT2D eigenvalue weighted by Crippen LogP contribution is -2.40. The molecule has 0 aliphatic carbocycles. The van der Waals surface area contributed by atoms with Gasteiger partial charge in [-0.3, -0.25) is 4.79 Å². The third-order valence-corrected chi connectivity index (χ3v) is 5.53. The molecule has 2 N–H and O–H groups in total. The van der Waals surface area contributed by atoms with Crippen LogP contribution in [0.2, 0.25) is 0 Å². The number of aromatic nitrogens is 1. The van der Waals surface area contributed by atoms with Crippen LogP contribution in [0.25, 0.3) is 0 Å². The molecule has 1 atom stereocenters. The van der Waals surface area contributed by atoms with Gasteiger partial charge in [0.15, 0.2) is 5.96 Å². The summed E-state index contributed by atoms with van der Waals surface area (Å²) in [6.45, 7) is 10.2. The number of hydrogen-bond donors (Lipinski definition) is 2. The Morgan fingerprint density at radius 3 is 2.48 bits per heavy atom. The van der Waals surface area contributed by atoms with E-state index in [1.165, 1.54) is 24.1 Å². The van der Waals surface area contributed by atoms with Gasteiger partial charge in [-0.05, 0) is 26.2 Å². The summed E-state index contributed by atoms with van der Waals surface area (Å²) in [6.07, 6.45) is 4.82. The van der Waals surface area contributed by atoms with Gasteiger partial charge in [-0.15, -0.1) is 35.3 Å². The number of aryl methyl sites for hydroxylation is 2. The highest BCUT2D eigenvalue weighted by atomic mass is 127. The van der Waals surface area contributed by atoms with E-state index in [2.05, 4.69) is 41.4 Å². The average Bonchev–Trinajstić information content (AvgIpc) is 2.94. The monoisotopic (exact) mass is 509 g/mol. The van der Waals surface area contributed by atoms with Crippen LogP contribution in [0.3, 0.4) is 0 Å². The SMILES string of the molecule is CCCCC(CC)CNC(=NCC(=O)N(C)C)NCc1nc(C)c(C)s1.I. The predicted molar refractivity (Wildman–Crippen MR) is 126 cm³/mol. The van der Waals surface area contributed by atoms with E-state index in [1.54, 1.807) is 30.3 Å². The molecule has 0 aliphatic heterocycles. The van der Waals surface area contributed by atoms with Crippen molar-refractivity contribution in [1.29, 1.82) is 0 Å². The van der Waals surface area contributed by atoms with E-state index < -0.39 is 0 Å². The lowest BCUT2D eigenvalue weighted by atomic mass is 9.99. The fourth-order valence-electron chi connectivity index (χ4n) is 2.42. The van der Waals surface area contributed by atoms with Gasteiger partial charge in [-0.25, -0.2) is 9.98 Å². The largest absolute Gasteiger partial charge is 0.356 e. The van der Waals surface area contributed by atoms with Crippen LogP contribution in [-0.2, 0) is 11.3 Å². The maximum atomic E-state index is 11.9. The number of unbranched alkanes of at least 4 members (excludes halogenated alkanes) is 1. The molecule has 1 heterocycles. The summed E-state index contributed by atoms with van der Waals surface area (Å²) in [5, 5.41) is 7.77. The molecule has 1 unspecified atom stereocenters. The molecular weight excluding hydrogens is 473 g/mol. The summed E-state index contributed by atoms with van der Waals surface area (Å²) < 4.78 is 0. The van der Waals surface area contributed by atoms with E-state index in [0.717, 1.165) is 23.7 Å². The second-order valence-electron chi connectivity index (χ2n) is 6.85. The van der Waals surface area contributed by atoms with Crippen molar-refractivity contribution in [3.05, 3.63) is 15.6 Å². The van der Waals surface area contributed by atoms with Crippen LogP contribution in [0.5, 0.6) is 0 Å². The Balaban J connectivity index is 0.00000676. The van der Waals surface area contributed by atoms with Gasteiger partial charge in [-0.2, -0.15) is 0 Å². The maximum absolute atomic E-state index is 11.9. The zero-order valence-corrected chi connectivity index (χ0v) is 20.7. The van der Waals surface area contributed by atoms with Crippen LogP contribution in [0.1, 0.15) is 55.1 Å². The Kier molecular flexibility index (Phi) is 13.7. The summed E-state index contributed by atoms with van der Waals surface area (Å²) in [7, 11) is 3.49. The molecule has 1 amide bonds. The first-order chi connectivity index (χ1) is 12.4. The van der Waals surface area contributed by atoms with Gasteiger partial charge in [-0.1, -0.05) is 33.1 Å². The highest BCUT2D eigenvalue weighted by molar-refractivity contribution is 14.0. The van der Waals surface area contributed by atoms with Crippen LogP contribution in [-0.4, -0.2) is 48.9 Å². The maximum Gasteiger partial charge on any atom is 0.243 e. The molecule has 27 heavy (non-hydrogen) atoms. The first-order valence-electron chi connectivity index (χ1n) is 9.52.